The summed E-state index contributed by atoms with van der Waals surface area (Å²) in [6.07, 6.45) is 0.247. The SMILES string of the molecule is Cc1ccc(N2C(=O)C[C@@H]([NH+]3CCN(c4cccc(Cl)c4)CC3)C2=O)cc1Cl. The van der Waals surface area contributed by atoms with Crippen molar-refractivity contribution in [1.29, 1.82) is 0 Å². The number of nitrogens with zero attached hydrogens (tertiary/aromatic N) is 2. The number of nitrogens with one attached hydrogen (secondary N) is 1. The average molecular weight is 419 g/mol. The highest BCUT2D eigenvalue weighted by Crippen LogP contribution is 2.27. The lowest BCUT2D eigenvalue weighted by Gasteiger charge is -2.35. The Bertz CT molecular complexity index is 926. The van der Waals surface area contributed by atoms with Crippen molar-refractivity contribution in [2.24, 2.45) is 0 Å². The fraction of sp³-hybridized carbons (Fsp3) is 0.333. The van der Waals surface area contributed by atoms with Crippen LogP contribution in [0.15, 0.2) is 42.5 Å². The van der Waals surface area contributed by atoms with Crippen LogP contribution in [0.5, 0.6) is 0 Å². The first-order valence-corrected chi connectivity index (χ1v) is 10.2. The third-order valence-electron chi connectivity index (χ3n) is 5.63. The summed E-state index contributed by atoms with van der Waals surface area (Å²) in [5.74, 6) is -0.282. The van der Waals surface area contributed by atoms with Crippen molar-refractivity contribution in [3.8, 4) is 0 Å². The molecule has 0 unspecified atom stereocenters. The van der Waals surface area contributed by atoms with Crippen LogP contribution >= 0.6 is 23.2 Å². The van der Waals surface area contributed by atoms with Gasteiger partial charge in [-0.25, -0.2) is 4.90 Å². The van der Waals surface area contributed by atoms with Gasteiger partial charge in [-0.05, 0) is 42.8 Å². The van der Waals surface area contributed by atoms with Crippen molar-refractivity contribution in [3.63, 3.8) is 0 Å². The van der Waals surface area contributed by atoms with Gasteiger partial charge >= 0.3 is 0 Å². The van der Waals surface area contributed by atoms with E-state index in [1.165, 1.54) is 4.90 Å². The van der Waals surface area contributed by atoms with Crippen molar-refractivity contribution in [2.75, 3.05) is 36.0 Å². The van der Waals surface area contributed by atoms with E-state index in [2.05, 4.69) is 4.90 Å². The van der Waals surface area contributed by atoms with Crippen molar-refractivity contribution in [1.82, 2.24) is 0 Å². The zero-order valence-electron chi connectivity index (χ0n) is 15.6. The largest absolute Gasteiger partial charge is 0.360 e. The molecule has 0 aromatic heterocycles. The van der Waals surface area contributed by atoms with E-state index in [-0.39, 0.29) is 24.3 Å². The molecule has 0 aliphatic carbocycles. The van der Waals surface area contributed by atoms with Gasteiger partial charge in [0.2, 0.25) is 5.91 Å². The second-order valence-electron chi connectivity index (χ2n) is 7.38. The topological polar surface area (TPSA) is 45.1 Å². The molecule has 2 fully saturated rings. The minimum atomic E-state index is -0.325. The molecule has 5 nitrogen and oxygen atoms in total. The summed E-state index contributed by atoms with van der Waals surface area (Å²) in [5.41, 5.74) is 2.57. The Morgan fingerprint density at radius 2 is 1.75 bits per heavy atom. The van der Waals surface area contributed by atoms with E-state index in [0.717, 1.165) is 47.4 Å². The Hall–Kier alpha value is -2.08. The number of anilines is 2. The Morgan fingerprint density at radius 3 is 2.43 bits per heavy atom. The number of amides is 2. The molecule has 2 aromatic carbocycles. The maximum Gasteiger partial charge on any atom is 0.292 e. The quantitative estimate of drug-likeness (QED) is 0.777. The predicted molar refractivity (Wildman–Crippen MR) is 111 cm³/mol. The molecule has 0 radical (unpaired) electrons. The van der Waals surface area contributed by atoms with Crippen LogP contribution in [0.1, 0.15) is 12.0 Å². The first-order valence-electron chi connectivity index (χ1n) is 9.42. The first kappa shape index (κ1) is 19.2. The van der Waals surface area contributed by atoms with Crippen LogP contribution in [-0.4, -0.2) is 44.0 Å². The van der Waals surface area contributed by atoms with E-state index in [0.29, 0.717) is 10.7 Å². The molecular formula is C21H22Cl2N3O2+. The molecule has 2 heterocycles. The molecule has 2 aliphatic rings. The molecule has 146 valence electrons. The number of hydrogen-bond acceptors (Lipinski definition) is 3. The number of benzene rings is 2. The number of carbonyl (C=O) groups excluding carboxylic acids is 2. The molecule has 0 spiro atoms. The fourth-order valence-electron chi connectivity index (χ4n) is 4.02. The van der Waals surface area contributed by atoms with Gasteiger partial charge < -0.3 is 9.80 Å². The predicted octanol–water partition coefficient (Wildman–Crippen LogP) is 2.34. The summed E-state index contributed by atoms with van der Waals surface area (Å²) < 4.78 is 0. The van der Waals surface area contributed by atoms with E-state index in [1.807, 2.05) is 37.3 Å². The number of hydrogen-bond donors (Lipinski definition) is 1. The maximum absolute atomic E-state index is 13.0. The number of carbonyl (C=O) groups is 2. The normalized spacial score (nSPS) is 20.9. The number of quaternary nitrogens is 1. The zero-order valence-corrected chi connectivity index (χ0v) is 17.1. The van der Waals surface area contributed by atoms with Gasteiger partial charge in [-0.1, -0.05) is 35.3 Å². The summed E-state index contributed by atoms with van der Waals surface area (Å²) >= 11 is 12.3. The van der Waals surface area contributed by atoms with Crippen molar-refractivity contribution in [2.45, 2.75) is 19.4 Å². The highest BCUT2D eigenvalue weighted by atomic mass is 35.5. The number of imide groups is 1. The second-order valence-corrected chi connectivity index (χ2v) is 8.23. The Labute approximate surface area is 174 Å². The summed E-state index contributed by atoms with van der Waals surface area (Å²) in [6, 6.07) is 12.8. The van der Waals surface area contributed by atoms with E-state index in [1.54, 1.807) is 12.1 Å². The number of aryl methyl sites for hydroxylation is 1. The average Bonchev–Trinajstić information content (AvgIpc) is 2.98. The van der Waals surface area contributed by atoms with Gasteiger partial charge in [0.05, 0.1) is 38.3 Å². The third kappa shape index (κ3) is 3.62. The van der Waals surface area contributed by atoms with Gasteiger partial charge in [-0.3, -0.25) is 9.59 Å². The van der Waals surface area contributed by atoms with Crippen LogP contribution < -0.4 is 14.7 Å². The Balaban J connectivity index is 1.45. The summed E-state index contributed by atoms with van der Waals surface area (Å²) in [7, 11) is 0. The van der Waals surface area contributed by atoms with Crippen molar-refractivity contribution >= 4 is 46.4 Å². The first-order chi connectivity index (χ1) is 13.4. The van der Waals surface area contributed by atoms with Gasteiger partial charge in [0.25, 0.3) is 5.91 Å². The summed E-state index contributed by atoms with van der Waals surface area (Å²) in [6.45, 7) is 5.15. The lowest BCUT2D eigenvalue weighted by Crippen LogP contribution is -3.19. The number of rotatable bonds is 3. The van der Waals surface area contributed by atoms with Gasteiger partial charge in [0.1, 0.15) is 0 Å². The van der Waals surface area contributed by atoms with Crippen LogP contribution in [0.3, 0.4) is 0 Å². The van der Waals surface area contributed by atoms with E-state index < -0.39 is 0 Å². The minimum Gasteiger partial charge on any atom is -0.360 e. The van der Waals surface area contributed by atoms with Crippen LogP contribution in [0, 0.1) is 6.92 Å². The van der Waals surface area contributed by atoms with Crippen LogP contribution in [0.4, 0.5) is 11.4 Å². The lowest BCUT2D eigenvalue weighted by atomic mass is 10.1. The molecule has 0 saturated carbocycles. The molecule has 1 N–H and O–H groups in total. The molecular weight excluding hydrogens is 397 g/mol. The van der Waals surface area contributed by atoms with Crippen LogP contribution in [-0.2, 0) is 9.59 Å². The molecule has 7 heteroatoms. The molecule has 2 saturated heterocycles. The van der Waals surface area contributed by atoms with Crippen LogP contribution in [0.2, 0.25) is 10.0 Å². The molecule has 4 rings (SSSR count). The lowest BCUT2D eigenvalue weighted by molar-refractivity contribution is -0.915. The van der Waals surface area contributed by atoms with E-state index >= 15 is 0 Å². The molecule has 2 aromatic rings. The molecule has 0 bridgehead atoms. The number of piperazine rings is 1. The summed E-state index contributed by atoms with van der Waals surface area (Å²) in [4.78, 5) is 30.3. The van der Waals surface area contributed by atoms with Crippen LogP contribution in [0.25, 0.3) is 0 Å². The highest BCUT2D eigenvalue weighted by Gasteiger charge is 2.46. The Morgan fingerprint density at radius 1 is 1.00 bits per heavy atom. The number of halogens is 2. The molecule has 2 amide bonds. The molecule has 28 heavy (non-hydrogen) atoms. The second kappa shape index (κ2) is 7.74. The molecule has 2 aliphatic heterocycles. The highest BCUT2D eigenvalue weighted by molar-refractivity contribution is 6.32. The van der Waals surface area contributed by atoms with Gasteiger partial charge in [-0.15, -0.1) is 0 Å². The van der Waals surface area contributed by atoms with E-state index in [9.17, 15) is 9.59 Å². The van der Waals surface area contributed by atoms with E-state index in [4.69, 9.17) is 23.2 Å². The van der Waals surface area contributed by atoms with Gasteiger partial charge in [0, 0.05) is 15.7 Å². The smallest absolute Gasteiger partial charge is 0.292 e. The zero-order chi connectivity index (χ0) is 19.8. The van der Waals surface area contributed by atoms with Crippen molar-refractivity contribution < 1.29 is 14.5 Å². The maximum atomic E-state index is 13.0. The van der Waals surface area contributed by atoms with Crippen molar-refractivity contribution in [3.05, 3.63) is 58.1 Å². The standard InChI is InChI=1S/C21H21Cl2N3O2/c1-14-5-6-17(12-18(14)23)26-20(27)13-19(21(26)28)25-9-7-24(8-10-25)16-4-2-3-15(22)11-16/h2-6,11-12,19H,7-10,13H2,1H3/p+1/t19-/m1/s1. The summed E-state index contributed by atoms with van der Waals surface area (Å²) in [5, 5.41) is 1.28. The Kier molecular flexibility index (Phi) is 5.32. The fourth-order valence-corrected chi connectivity index (χ4v) is 4.38. The molecule has 1 atom stereocenters. The monoisotopic (exact) mass is 418 g/mol. The van der Waals surface area contributed by atoms with Gasteiger partial charge in [0.15, 0.2) is 6.04 Å². The third-order valence-corrected chi connectivity index (χ3v) is 6.27. The minimum absolute atomic E-state index is 0.129. The van der Waals surface area contributed by atoms with Gasteiger partial charge in [-0.2, -0.15) is 0 Å².